The van der Waals surface area contributed by atoms with Gasteiger partial charge in [-0.2, -0.15) is 0 Å². The molecule has 1 N–H and O–H groups in total. The summed E-state index contributed by atoms with van der Waals surface area (Å²) in [6.45, 7) is 5.22. The van der Waals surface area contributed by atoms with E-state index in [4.69, 9.17) is 5.11 Å². The highest BCUT2D eigenvalue weighted by Crippen LogP contribution is 2.24. The van der Waals surface area contributed by atoms with Crippen LogP contribution >= 0.6 is 11.8 Å². The van der Waals surface area contributed by atoms with Crippen LogP contribution in [0, 0.1) is 0 Å². The number of hydrogen-bond acceptors (Lipinski definition) is 4. The van der Waals surface area contributed by atoms with Crippen molar-refractivity contribution in [1.82, 2.24) is 14.7 Å². The van der Waals surface area contributed by atoms with Crippen LogP contribution in [0.4, 0.5) is 4.79 Å². The highest BCUT2D eigenvalue weighted by Gasteiger charge is 2.37. The van der Waals surface area contributed by atoms with E-state index < -0.39 is 12.0 Å². The van der Waals surface area contributed by atoms with Gasteiger partial charge in [0.25, 0.3) is 0 Å². The summed E-state index contributed by atoms with van der Waals surface area (Å²) in [7, 11) is 1.80. The molecule has 0 aliphatic carbocycles. The van der Waals surface area contributed by atoms with E-state index in [9.17, 15) is 9.59 Å². The van der Waals surface area contributed by atoms with Crippen LogP contribution in [0.3, 0.4) is 0 Å². The number of piperidine rings is 1. The first-order valence-corrected chi connectivity index (χ1v) is 8.26. The molecule has 2 rings (SSSR count). The van der Waals surface area contributed by atoms with Crippen molar-refractivity contribution in [2.45, 2.75) is 31.8 Å². The topological polar surface area (TPSA) is 64.1 Å². The van der Waals surface area contributed by atoms with Gasteiger partial charge < -0.3 is 19.8 Å². The number of likely N-dealkylation sites (tertiary alicyclic amines) is 1. The Balaban J connectivity index is 1.93. The van der Waals surface area contributed by atoms with Gasteiger partial charge in [-0.25, -0.2) is 9.59 Å². The van der Waals surface area contributed by atoms with Crippen molar-refractivity contribution < 1.29 is 14.7 Å². The Kier molecular flexibility index (Phi) is 5.15. The van der Waals surface area contributed by atoms with E-state index in [1.165, 1.54) is 16.7 Å². The number of thioether (sulfide) groups is 1. The molecule has 6 nitrogen and oxygen atoms in total. The zero-order valence-corrected chi connectivity index (χ0v) is 12.9. The minimum Gasteiger partial charge on any atom is -0.480 e. The van der Waals surface area contributed by atoms with Crippen LogP contribution in [0.2, 0.25) is 0 Å². The van der Waals surface area contributed by atoms with Crippen molar-refractivity contribution in [3.8, 4) is 0 Å². The summed E-state index contributed by atoms with van der Waals surface area (Å²) >= 11 is 1.50. The summed E-state index contributed by atoms with van der Waals surface area (Å²) in [5.41, 5.74) is 0. The first kappa shape index (κ1) is 15.4. The summed E-state index contributed by atoms with van der Waals surface area (Å²) in [5, 5.41) is 9.16. The second kappa shape index (κ2) is 6.67. The molecule has 2 heterocycles. The second-order valence-electron chi connectivity index (χ2n) is 5.38. The number of nitrogens with zero attached hydrogens (tertiary/aromatic N) is 3. The zero-order chi connectivity index (χ0) is 14.7. The third-order valence-corrected chi connectivity index (χ3v) is 5.28. The molecular formula is C13H23N3O3S. The standard InChI is InChI=1S/C13H23N3O3S/c1-3-15-6-4-10(5-7-15)14(2)13(19)16-9-20-8-11(16)12(17)18/h10-11H,3-9H2,1-2H3,(H,17,18)/t11-/m0/s1. The molecule has 20 heavy (non-hydrogen) atoms. The van der Waals surface area contributed by atoms with Crippen LogP contribution in [0.5, 0.6) is 0 Å². The number of amides is 2. The normalized spacial score (nSPS) is 24.9. The number of carboxylic acid groups (broad SMARTS) is 1. The van der Waals surface area contributed by atoms with Gasteiger partial charge in [0.15, 0.2) is 0 Å². The summed E-state index contributed by atoms with van der Waals surface area (Å²) < 4.78 is 0. The maximum absolute atomic E-state index is 12.5. The summed E-state index contributed by atoms with van der Waals surface area (Å²) in [4.78, 5) is 29.2. The number of hydrogen-bond donors (Lipinski definition) is 1. The quantitative estimate of drug-likeness (QED) is 0.842. The number of carbonyl (C=O) groups excluding carboxylic acids is 1. The largest absolute Gasteiger partial charge is 0.480 e. The lowest BCUT2D eigenvalue weighted by atomic mass is 10.0. The maximum Gasteiger partial charge on any atom is 0.327 e. The van der Waals surface area contributed by atoms with Gasteiger partial charge in [0.05, 0.1) is 5.88 Å². The first-order chi connectivity index (χ1) is 9.54. The molecule has 0 saturated carbocycles. The van der Waals surface area contributed by atoms with Crippen LogP contribution < -0.4 is 0 Å². The van der Waals surface area contributed by atoms with Crippen molar-refractivity contribution in [2.75, 3.05) is 38.3 Å². The Bertz CT molecular complexity index is 372. The molecule has 0 aromatic heterocycles. The third kappa shape index (κ3) is 3.20. The van der Waals surface area contributed by atoms with Crippen LogP contribution in [0.25, 0.3) is 0 Å². The molecule has 1 atom stereocenters. The average molecular weight is 301 g/mol. The minimum atomic E-state index is -0.905. The van der Waals surface area contributed by atoms with Crippen LogP contribution in [-0.2, 0) is 4.79 Å². The van der Waals surface area contributed by atoms with Crippen LogP contribution in [0.15, 0.2) is 0 Å². The Labute approximate surface area is 124 Å². The Morgan fingerprint density at radius 1 is 1.35 bits per heavy atom. The van der Waals surface area contributed by atoms with Crippen LogP contribution in [-0.4, -0.2) is 82.2 Å². The van der Waals surface area contributed by atoms with Gasteiger partial charge in [0.1, 0.15) is 6.04 Å². The smallest absolute Gasteiger partial charge is 0.327 e. The molecule has 2 fully saturated rings. The van der Waals surface area contributed by atoms with E-state index in [1.807, 2.05) is 0 Å². The Morgan fingerprint density at radius 3 is 2.55 bits per heavy atom. The molecule has 2 saturated heterocycles. The van der Waals surface area contributed by atoms with E-state index in [1.54, 1.807) is 11.9 Å². The predicted molar refractivity (Wildman–Crippen MR) is 78.9 cm³/mol. The number of urea groups is 1. The van der Waals surface area contributed by atoms with Crippen molar-refractivity contribution in [3.05, 3.63) is 0 Å². The number of aliphatic carboxylic acids is 1. The highest BCUT2D eigenvalue weighted by molar-refractivity contribution is 7.99. The minimum absolute atomic E-state index is 0.141. The van der Waals surface area contributed by atoms with Gasteiger partial charge in [0.2, 0.25) is 0 Å². The van der Waals surface area contributed by atoms with E-state index in [0.29, 0.717) is 11.6 Å². The number of carboxylic acids is 1. The molecule has 2 aliphatic rings. The monoisotopic (exact) mass is 301 g/mol. The predicted octanol–water partition coefficient (Wildman–Crippen LogP) is 0.982. The fourth-order valence-electron chi connectivity index (χ4n) is 2.82. The number of carbonyl (C=O) groups is 2. The van der Waals surface area contributed by atoms with Gasteiger partial charge >= 0.3 is 12.0 Å². The van der Waals surface area contributed by atoms with Crippen molar-refractivity contribution >= 4 is 23.8 Å². The molecular weight excluding hydrogens is 278 g/mol. The molecule has 0 aromatic rings. The molecule has 2 amide bonds. The molecule has 2 aliphatic heterocycles. The van der Waals surface area contributed by atoms with Crippen molar-refractivity contribution in [1.29, 1.82) is 0 Å². The third-order valence-electron chi connectivity index (χ3n) is 4.27. The van der Waals surface area contributed by atoms with Gasteiger partial charge in [-0.15, -0.1) is 11.8 Å². The Hall–Kier alpha value is -0.950. The maximum atomic E-state index is 12.5. The highest BCUT2D eigenvalue weighted by atomic mass is 32.2. The molecule has 114 valence electrons. The molecule has 7 heteroatoms. The molecule has 0 unspecified atom stereocenters. The SMILES string of the molecule is CCN1CCC(N(C)C(=O)N2CSC[C@H]2C(=O)O)CC1. The van der Waals surface area contributed by atoms with E-state index in [-0.39, 0.29) is 12.1 Å². The summed E-state index contributed by atoms with van der Waals surface area (Å²) in [6, 6.07) is -0.589. The van der Waals surface area contributed by atoms with Gasteiger partial charge in [-0.1, -0.05) is 6.92 Å². The van der Waals surface area contributed by atoms with E-state index in [2.05, 4.69) is 11.8 Å². The van der Waals surface area contributed by atoms with Crippen molar-refractivity contribution in [3.63, 3.8) is 0 Å². The lowest BCUT2D eigenvalue weighted by molar-refractivity contribution is -0.141. The zero-order valence-electron chi connectivity index (χ0n) is 12.1. The van der Waals surface area contributed by atoms with E-state index >= 15 is 0 Å². The lowest BCUT2D eigenvalue weighted by Crippen LogP contribution is -2.52. The molecule has 0 aromatic carbocycles. The summed E-state index contributed by atoms with van der Waals surface area (Å²) in [5.74, 6) is 0.0643. The van der Waals surface area contributed by atoms with Gasteiger partial charge in [-0.05, 0) is 19.4 Å². The van der Waals surface area contributed by atoms with Crippen LogP contribution in [0.1, 0.15) is 19.8 Å². The number of rotatable bonds is 3. The Morgan fingerprint density at radius 2 is 2.00 bits per heavy atom. The summed E-state index contributed by atoms with van der Waals surface area (Å²) in [6.07, 6.45) is 1.93. The molecule has 0 spiro atoms. The fourth-order valence-corrected chi connectivity index (χ4v) is 3.96. The van der Waals surface area contributed by atoms with Gasteiger partial charge in [-0.3, -0.25) is 0 Å². The molecule has 0 bridgehead atoms. The van der Waals surface area contributed by atoms with Crippen molar-refractivity contribution in [2.24, 2.45) is 0 Å². The fraction of sp³-hybridized carbons (Fsp3) is 0.846. The first-order valence-electron chi connectivity index (χ1n) is 7.11. The molecule has 0 radical (unpaired) electrons. The average Bonchev–Trinajstić information content (AvgIpc) is 2.95. The lowest BCUT2D eigenvalue weighted by Gasteiger charge is -2.38. The van der Waals surface area contributed by atoms with E-state index in [0.717, 1.165) is 32.5 Å². The second-order valence-corrected chi connectivity index (χ2v) is 6.38. The van der Waals surface area contributed by atoms with Gasteiger partial charge in [0, 0.05) is 31.9 Å².